The van der Waals surface area contributed by atoms with Gasteiger partial charge in [0.15, 0.2) is 11.5 Å². The van der Waals surface area contributed by atoms with E-state index >= 15 is 0 Å². The molecule has 1 aromatic carbocycles. The minimum absolute atomic E-state index is 0.00282. The van der Waals surface area contributed by atoms with Crippen LogP contribution in [0.1, 0.15) is 13.8 Å². The van der Waals surface area contributed by atoms with Crippen LogP contribution in [-0.4, -0.2) is 64.2 Å². The zero-order chi connectivity index (χ0) is 24.6. The fourth-order valence-electron chi connectivity index (χ4n) is 3.11. The molecular weight excluding hydrogens is 461 g/mol. The number of para-hydroxylation sites is 1. The smallest absolute Gasteiger partial charge is 0.342 e. The van der Waals surface area contributed by atoms with Crippen LogP contribution >= 0.6 is 7.52 Å². The van der Waals surface area contributed by atoms with Gasteiger partial charge in [-0.05, 0) is 26.0 Å². The average molecular weight is 491 g/mol. The Labute approximate surface area is 197 Å². The predicted octanol–water partition coefficient (Wildman–Crippen LogP) is 1.78. The van der Waals surface area contributed by atoms with Gasteiger partial charge in [0.2, 0.25) is 5.91 Å². The number of hydrogen-bond donors (Lipinski definition) is 3. The predicted molar refractivity (Wildman–Crippen MR) is 127 cm³/mol. The second-order valence-electron chi connectivity index (χ2n) is 7.78. The zero-order valence-electron chi connectivity index (χ0n) is 19.4. The van der Waals surface area contributed by atoms with Gasteiger partial charge in [-0.15, -0.1) is 0 Å². The number of rotatable bonds is 13. The molecular formula is C21H30N7O5P. The van der Waals surface area contributed by atoms with Gasteiger partial charge in [-0.3, -0.25) is 9.36 Å². The highest BCUT2D eigenvalue weighted by atomic mass is 31.2. The number of benzene rings is 1. The molecule has 0 aliphatic rings. The van der Waals surface area contributed by atoms with E-state index in [2.05, 4.69) is 25.4 Å². The van der Waals surface area contributed by atoms with E-state index in [1.54, 1.807) is 35.2 Å². The molecule has 0 aliphatic heterocycles. The quantitative estimate of drug-likeness (QED) is 0.238. The maximum Gasteiger partial charge on any atom is 0.342 e. The van der Waals surface area contributed by atoms with Gasteiger partial charge in [0.1, 0.15) is 30.0 Å². The number of nitrogens with zero attached hydrogens (tertiary/aromatic N) is 4. The number of amides is 1. The molecule has 0 saturated heterocycles. The standard InChI is InChI=1S/C21H30N7O5P/c1-15(2)26-21(29)17(11-31-3)27-34(30,33-16-7-5-4-6-8-16)14-32-10-9-28-13-25-18-19(22)23-12-24-20(18)28/h4-8,12-13,15,17H,9-11,14H2,1-3H3,(H,26,29)(H,27,30)(H2,22,23,24). The Morgan fingerprint density at radius 3 is 2.68 bits per heavy atom. The number of anilines is 1. The van der Waals surface area contributed by atoms with Crippen LogP contribution in [0.4, 0.5) is 5.82 Å². The molecule has 13 heteroatoms. The van der Waals surface area contributed by atoms with Crippen LogP contribution in [-0.2, 0) is 25.4 Å². The lowest BCUT2D eigenvalue weighted by molar-refractivity contribution is -0.124. The SMILES string of the molecule is COCC(NP(=O)(COCCn1cnc2c(N)ncnc21)Oc1ccccc1)C(=O)NC(C)C. The van der Waals surface area contributed by atoms with Gasteiger partial charge in [-0.2, -0.15) is 0 Å². The Hall–Kier alpha value is -3.05. The van der Waals surface area contributed by atoms with Gasteiger partial charge >= 0.3 is 7.52 Å². The van der Waals surface area contributed by atoms with E-state index in [4.69, 9.17) is 19.7 Å². The first-order chi connectivity index (χ1) is 16.3. The number of hydrogen-bond acceptors (Lipinski definition) is 9. The lowest BCUT2D eigenvalue weighted by Crippen LogP contribution is -2.48. The number of nitrogens with two attached hydrogens (primary N) is 1. The summed E-state index contributed by atoms with van der Waals surface area (Å²) in [5.74, 6) is 0.324. The summed E-state index contributed by atoms with van der Waals surface area (Å²) >= 11 is 0. The average Bonchev–Trinajstić information content (AvgIpc) is 3.21. The van der Waals surface area contributed by atoms with Crippen molar-refractivity contribution in [3.63, 3.8) is 0 Å². The Balaban J connectivity index is 1.69. The zero-order valence-corrected chi connectivity index (χ0v) is 20.3. The molecule has 0 aliphatic carbocycles. The molecule has 1 amide bonds. The van der Waals surface area contributed by atoms with Crippen LogP contribution in [0.3, 0.4) is 0 Å². The van der Waals surface area contributed by atoms with Crippen LogP contribution < -0.4 is 20.7 Å². The highest BCUT2D eigenvalue weighted by molar-refractivity contribution is 7.57. The lowest BCUT2D eigenvalue weighted by Gasteiger charge is -2.26. The van der Waals surface area contributed by atoms with E-state index in [0.29, 0.717) is 29.3 Å². The van der Waals surface area contributed by atoms with Crippen molar-refractivity contribution < 1.29 is 23.4 Å². The molecule has 0 spiro atoms. The van der Waals surface area contributed by atoms with E-state index < -0.39 is 13.6 Å². The molecule has 3 rings (SSSR count). The van der Waals surface area contributed by atoms with Crippen molar-refractivity contribution in [2.45, 2.75) is 32.5 Å². The van der Waals surface area contributed by atoms with Crippen LogP contribution in [0.2, 0.25) is 0 Å². The lowest BCUT2D eigenvalue weighted by atomic mass is 10.3. The van der Waals surface area contributed by atoms with E-state index in [0.717, 1.165) is 0 Å². The molecule has 2 atom stereocenters. The summed E-state index contributed by atoms with van der Waals surface area (Å²) in [7, 11) is -2.21. The van der Waals surface area contributed by atoms with Gasteiger partial charge in [0.25, 0.3) is 0 Å². The van der Waals surface area contributed by atoms with Gasteiger partial charge in [0, 0.05) is 19.7 Å². The Bertz CT molecular complexity index is 1130. The second-order valence-corrected chi connectivity index (χ2v) is 9.83. The molecule has 2 aromatic heterocycles. The van der Waals surface area contributed by atoms with Gasteiger partial charge in [-0.1, -0.05) is 18.2 Å². The van der Waals surface area contributed by atoms with E-state index in [9.17, 15) is 9.36 Å². The maximum absolute atomic E-state index is 13.7. The third-order valence-electron chi connectivity index (χ3n) is 4.60. The molecule has 12 nitrogen and oxygen atoms in total. The first-order valence-corrected chi connectivity index (χ1v) is 12.5. The van der Waals surface area contributed by atoms with Crippen LogP contribution in [0.5, 0.6) is 5.75 Å². The number of carbonyl (C=O) groups excluding carboxylic acids is 1. The van der Waals surface area contributed by atoms with Crippen molar-refractivity contribution in [2.24, 2.45) is 0 Å². The van der Waals surface area contributed by atoms with Crippen LogP contribution in [0.25, 0.3) is 11.2 Å². The molecule has 3 aromatic rings. The van der Waals surface area contributed by atoms with Crippen molar-refractivity contribution in [3.8, 4) is 5.75 Å². The van der Waals surface area contributed by atoms with Gasteiger partial charge in [0.05, 0.1) is 19.5 Å². The Morgan fingerprint density at radius 1 is 1.21 bits per heavy atom. The molecule has 2 heterocycles. The minimum atomic E-state index is -3.67. The number of ether oxygens (including phenoxy) is 2. The molecule has 0 fully saturated rings. The summed E-state index contributed by atoms with van der Waals surface area (Å²) < 4.78 is 32.1. The van der Waals surface area contributed by atoms with Crippen molar-refractivity contribution in [2.75, 3.05) is 32.4 Å². The molecule has 34 heavy (non-hydrogen) atoms. The number of fused-ring (bicyclic) bond motifs is 1. The van der Waals surface area contributed by atoms with E-state index in [1.807, 2.05) is 19.9 Å². The van der Waals surface area contributed by atoms with Crippen molar-refractivity contribution in [1.82, 2.24) is 29.9 Å². The molecule has 184 valence electrons. The number of methoxy groups -OCH3 is 1. The third-order valence-corrected chi connectivity index (χ3v) is 6.33. The fraction of sp³-hybridized carbons (Fsp3) is 0.429. The summed E-state index contributed by atoms with van der Waals surface area (Å²) in [5, 5.41) is 5.62. The monoisotopic (exact) mass is 491 g/mol. The molecule has 2 unspecified atom stereocenters. The summed E-state index contributed by atoms with van der Waals surface area (Å²) in [4.78, 5) is 24.9. The van der Waals surface area contributed by atoms with Crippen LogP contribution in [0.15, 0.2) is 43.0 Å². The highest BCUT2D eigenvalue weighted by Crippen LogP contribution is 2.43. The summed E-state index contributed by atoms with van der Waals surface area (Å²) in [5.41, 5.74) is 6.89. The largest absolute Gasteiger partial charge is 0.431 e. The van der Waals surface area contributed by atoms with Crippen molar-refractivity contribution >= 4 is 30.4 Å². The molecule has 0 saturated carbocycles. The van der Waals surface area contributed by atoms with Gasteiger partial charge < -0.3 is 29.6 Å². The van der Waals surface area contributed by atoms with E-state index in [1.165, 1.54) is 13.4 Å². The summed E-state index contributed by atoms with van der Waals surface area (Å²) in [6.07, 6.45) is 2.67. The van der Waals surface area contributed by atoms with Crippen molar-refractivity contribution in [1.29, 1.82) is 0 Å². The highest BCUT2D eigenvalue weighted by Gasteiger charge is 2.32. The molecule has 0 bridgehead atoms. The Morgan fingerprint density at radius 2 is 1.97 bits per heavy atom. The first kappa shape index (κ1) is 25.6. The van der Waals surface area contributed by atoms with Crippen LogP contribution in [0, 0.1) is 0 Å². The number of nitrogens with one attached hydrogen (secondary N) is 2. The topological polar surface area (TPSA) is 156 Å². The fourth-order valence-corrected chi connectivity index (χ4v) is 4.79. The van der Waals surface area contributed by atoms with E-state index in [-0.39, 0.29) is 31.5 Å². The normalized spacial score (nSPS) is 14.1. The molecule has 4 N–H and O–H groups in total. The number of nitrogen functional groups attached to an aromatic ring is 1. The number of imidazole rings is 1. The maximum atomic E-state index is 13.7. The summed E-state index contributed by atoms with van der Waals surface area (Å²) in [6.45, 7) is 4.25. The number of carbonyl (C=O) groups is 1. The summed E-state index contributed by atoms with van der Waals surface area (Å²) in [6, 6.07) is 7.69. The minimum Gasteiger partial charge on any atom is -0.431 e. The first-order valence-electron chi connectivity index (χ1n) is 10.7. The Kier molecular flexibility index (Phi) is 8.94. The molecule has 0 radical (unpaired) electrons. The number of aromatic nitrogens is 4. The second kappa shape index (κ2) is 11.9. The third kappa shape index (κ3) is 6.97. The van der Waals surface area contributed by atoms with Crippen molar-refractivity contribution in [3.05, 3.63) is 43.0 Å². The van der Waals surface area contributed by atoms with Gasteiger partial charge in [-0.25, -0.2) is 20.0 Å².